The van der Waals surface area contributed by atoms with Gasteiger partial charge in [0.15, 0.2) is 4.80 Å². The highest BCUT2D eigenvalue weighted by Gasteiger charge is 2.11. The number of fused-ring (bicyclic) bond motifs is 1. The van der Waals surface area contributed by atoms with Gasteiger partial charge >= 0.3 is 0 Å². The predicted molar refractivity (Wildman–Crippen MR) is 95.6 cm³/mol. The molecule has 8 heteroatoms. The van der Waals surface area contributed by atoms with Gasteiger partial charge in [-0.2, -0.15) is 4.99 Å². The summed E-state index contributed by atoms with van der Waals surface area (Å²) in [4.78, 5) is 28.5. The molecule has 0 saturated heterocycles. The normalized spacial score (nSPS) is 11.8. The Morgan fingerprint density at radius 2 is 2.08 bits per heavy atom. The molecule has 0 aliphatic carbocycles. The zero-order valence-electron chi connectivity index (χ0n) is 12.9. The van der Waals surface area contributed by atoms with E-state index < -0.39 is 4.92 Å². The van der Waals surface area contributed by atoms with E-state index in [1.807, 2.05) is 18.4 Å². The number of nitro benzene ring substituents is 1. The number of nitrogens with zero attached hydrogens (tertiary/aromatic N) is 3. The van der Waals surface area contributed by atoms with E-state index in [1.165, 1.54) is 23.5 Å². The molecule has 1 aromatic heterocycles. The van der Waals surface area contributed by atoms with Gasteiger partial charge in [0.2, 0.25) is 0 Å². The number of aromatic nitrogens is 1. The Kier molecular flexibility index (Phi) is 4.50. The standard InChI is InChI=1S/C16H13N3O3S2/c1-18-13-7-6-11(19(21)22)9-14(13)24-16(18)17-15(20)10-4-3-5-12(8-10)23-2/h3-9H,1-2H3. The molecule has 0 aliphatic rings. The quantitative estimate of drug-likeness (QED) is 0.407. The summed E-state index contributed by atoms with van der Waals surface area (Å²) < 4.78 is 2.48. The highest BCUT2D eigenvalue weighted by molar-refractivity contribution is 7.98. The lowest BCUT2D eigenvalue weighted by Crippen LogP contribution is -2.13. The van der Waals surface area contributed by atoms with Gasteiger partial charge in [0, 0.05) is 29.6 Å². The van der Waals surface area contributed by atoms with Crippen LogP contribution < -0.4 is 4.80 Å². The first-order valence-corrected chi connectivity index (χ1v) is 9.01. The number of amides is 1. The van der Waals surface area contributed by atoms with Crippen molar-refractivity contribution in [1.82, 2.24) is 4.57 Å². The number of benzene rings is 2. The van der Waals surface area contributed by atoms with E-state index in [9.17, 15) is 14.9 Å². The maximum absolute atomic E-state index is 12.4. The van der Waals surface area contributed by atoms with E-state index in [-0.39, 0.29) is 11.6 Å². The van der Waals surface area contributed by atoms with E-state index in [0.29, 0.717) is 10.4 Å². The Morgan fingerprint density at radius 1 is 1.29 bits per heavy atom. The van der Waals surface area contributed by atoms with Crippen molar-refractivity contribution in [2.45, 2.75) is 4.90 Å². The van der Waals surface area contributed by atoms with Crippen LogP contribution in [0.15, 0.2) is 52.4 Å². The molecule has 0 radical (unpaired) electrons. The number of thiazole rings is 1. The molecule has 0 spiro atoms. The summed E-state index contributed by atoms with van der Waals surface area (Å²) >= 11 is 2.81. The fraction of sp³-hybridized carbons (Fsp3) is 0.125. The Morgan fingerprint density at radius 3 is 2.79 bits per heavy atom. The zero-order valence-corrected chi connectivity index (χ0v) is 14.6. The first kappa shape index (κ1) is 16.4. The van der Waals surface area contributed by atoms with Gasteiger partial charge in [-0.05, 0) is 30.5 Å². The van der Waals surface area contributed by atoms with Crippen molar-refractivity contribution in [2.75, 3.05) is 6.26 Å². The molecule has 0 bridgehead atoms. The van der Waals surface area contributed by atoms with Crippen LogP contribution in [0.25, 0.3) is 10.2 Å². The van der Waals surface area contributed by atoms with Crippen LogP contribution in [0.2, 0.25) is 0 Å². The SMILES string of the molecule is CSc1cccc(C(=O)N=c2sc3cc([N+](=O)[O-])ccc3n2C)c1. The minimum absolute atomic E-state index is 0.0231. The summed E-state index contributed by atoms with van der Waals surface area (Å²) in [6.45, 7) is 0. The monoisotopic (exact) mass is 359 g/mol. The third-order valence-electron chi connectivity index (χ3n) is 3.52. The zero-order chi connectivity index (χ0) is 17.3. The first-order valence-electron chi connectivity index (χ1n) is 6.96. The van der Waals surface area contributed by atoms with Crippen molar-refractivity contribution in [3.63, 3.8) is 0 Å². The smallest absolute Gasteiger partial charge is 0.279 e. The average Bonchev–Trinajstić information content (AvgIpc) is 2.90. The van der Waals surface area contributed by atoms with Crippen LogP contribution in [-0.2, 0) is 7.05 Å². The van der Waals surface area contributed by atoms with Crippen LogP contribution in [0.4, 0.5) is 5.69 Å². The highest BCUT2D eigenvalue weighted by atomic mass is 32.2. The van der Waals surface area contributed by atoms with Gasteiger partial charge in [-0.15, -0.1) is 11.8 Å². The number of non-ortho nitro benzene ring substituents is 1. The third kappa shape index (κ3) is 3.10. The van der Waals surface area contributed by atoms with Gasteiger partial charge in [-0.3, -0.25) is 14.9 Å². The number of hydrogen-bond donors (Lipinski definition) is 0. The summed E-state index contributed by atoms with van der Waals surface area (Å²) in [5.41, 5.74) is 1.34. The van der Waals surface area contributed by atoms with Crippen molar-refractivity contribution >= 4 is 44.9 Å². The van der Waals surface area contributed by atoms with Gasteiger partial charge in [0.1, 0.15) is 0 Å². The maximum Gasteiger partial charge on any atom is 0.279 e. The molecule has 122 valence electrons. The van der Waals surface area contributed by atoms with E-state index in [0.717, 1.165) is 15.1 Å². The van der Waals surface area contributed by atoms with Gasteiger partial charge in [-0.1, -0.05) is 17.4 Å². The topological polar surface area (TPSA) is 77.5 Å². The van der Waals surface area contributed by atoms with Gasteiger partial charge in [0.25, 0.3) is 11.6 Å². The van der Waals surface area contributed by atoms with Crippen molar-refractivity contribution in [2.24, 2.45) is 12.0 Å². The number of carbonyl (C=O) groups excluding carboxylic acids is 1. The molecule has 2 aromatic carbocycles. The third-order valence-corrected chi connectivity index (χ3v) is 5.34. The van der Waals surface area contributed by atoms with Crippen molar-refractivity contribution < 1.29 is 9.72 Å². The number of aryl methyl sites for hydroxylation is 1. The molecule has 0 N–H and O–H groups in total. The number of nitro groups is 1. The molecule has 0 fully saturated rings. The summed E-state index contributed by atoms with van der Waals surface area (Å²) in [5.74, 6) is -0.331. The lowest BCUT2D eigenvalue weighted by Gasteiger charge is -1.99. The van der Waals surface area contributed by atoms with Crippen LogP contribution >= 0.6 is 23.1 Å². The molecule has 24 heavy (non-hydrogen) atoms. The second-order valence-electron chi connectivity index (χ2n) is 5.00. The molecule has 0 saturated carbocycles. The lowest BCUT2D eigenvalue weighted by atomic mass is 10.2. The van der Waals surface area contributed by atoms with E-state index in [1.54, 1.807) is 41.6 Å². The van der Waals surface area contributed by atoms with Crippen LogP contribution in [0, 0.1) is 10.1 Å². The summed E-state index contributed by atoms with van der Waals surface area (Å²) in [7, 11) is 1.79. The fourth-order valence-electron chi connectivity index (χ4n) is 2.25. The minimum atomic E-state index is -0.435. The fourth-order valence-corrected chi connectivity index (χ4v) is 3.76. The Bertz CT molecular complexity index is 1020. The second kappa shape index (κ2) is 6.58. The lowest BCUT2D eigenvalue weighted by molar-refractivity contribution is -0.384. The van der Waals surface area contributed by atoms with E-state index in [2.05, 4.69) is 4.99 Å². The highest BCUT2D eigenvalue weighted by Crippen LogP contribution is 2.22. The van der Waals surface area contributed by atoms with Crippen molar-refractivity contribution in [3.8, 4) is 0 Å². The summed E-state index contributed by atoms with van der Waals surface area (Å²) in [6.07, 6.45) is 1.94. The molecular formula is C16H13N3O3S2. The number of rotatable bonds is 3. The molecular weight excluding hydrogens is 346 g/mol. The first-order chi connectivity index (χ1) is 11.5. The minimum Gasteiger partial charge on any atom is -0.319 e. The van der Waals surface area contributed by atoms with Crippen LogP contribution in [-0.4, -0.2) is 21.7 Å². The largest absolute Gasteiger partial charge is 0.319 e. The predicted octanol–water partition coefficient (Wildman–Crippen LogP) is 3.61. The molecule has 1 amide bonds. The molecule has 0 unspecified atom stereocenters. The molecule has 6 nitrogen and oxygen atoms in total. The van der Waals surface area contributed by atoms with Gasteiger partial charge in [0.05, 0.1) is 15.1 Å². The van der Waals surface area contributed by atoms with Gasteiger partial charge in [-0.25, -0.2) is 0 Å². The Labute approximate surface area is 145 Å². The van der Waals surface area contributed by atoms with Gasteiger partial charge < -0.3 is 4.57 Å². The Hall–Kier alpha value is -2.45. The summed E-state index contributed by atoms with van der Waals surface area (Å²) in [6, 6.07) is 11.9. The van der Waals surface area contributed by atoms with Crippen LogP contribution in [0.5, 0.6) is 0 Å². The molecule has 0 atom stereocenters. The second-order valence-corrected chi connectivity index (χ2v) is 6.89. The number of thioether (sulfide) groups is 1. The molecule has 0 aliphatic heterocycles. The van der Waals surface area contributed by atoms with Crippen molar-refractivity contribution in [1.29, 1.82) is 0 Å². The van der Waals surface area contributed by atoms with Crippen molar-refractivity contribution in [3.05, 3.63) is 62.9 Å². The maximum atomic E-state index is 12.4. The van der Waals surface area contributed by atoms with E-state index in [4.69, 9.17) is 0 Å². The van der Waals surface area contributed by atoms with Crippen LogP contribution in [0.3, 0.4) is 0 Å². The number of hydrogen-bond acceptors (Lipinski definition) is 5. The van der Waals surface area contributed by atoms with E-state index >= 15 is 0 Å². The average molecular weight is 359 g/mol. The Balaban J connectivity index is 2.07. The summed E-state index contributed by atoms with van der Waals surface area (Å²) in [5, 5.41) is 10.9. The van der Waals surface area contributed by atoms with Crippen LogP contribution in [0.1, 0.15) is 10.4 Å². The molecule has 3 rings (SSSR count). The molecule has 1 heterocycles. The number of carbonyl (C=O) groups is 1. The molecule has 3 aromatic rings.